The number of nitrogens with zero attached hydrogens (tertiary/aromatic N) is 2. The predicted molar refractivity (Wildman–Crippen MR) is 85.0 cm³/mol. The van der Waals surface area contributed by atoms with Crippen molar-refractivity contribution in [3.8, 4) is 11.5 Å². The lowest BCUT2D eigenvalue weighted by Crippen LogP contribution is -1.96. The summed E-state index contributed by atoms with van der Waals surface area (Å²) in [6.07, 6.45) is 1.50. The standard InChI is InChI=1S/C16H16N2O5/c1-21-15-8-4-6-13(16(15)22-2)10-17-23-11-12-5-3-7-14(9-12)18(19)20/h3-10H,11H2,1-2H3/b17-10-. The zero-order chi connectivity index (χ0) is 16.7. The van der Waals surface area contributed by atoms with Crippen molar-refractivity contribution in [3.63, 3.8) is 0 Å². The Labute approximate surface area is 133 Å². The highest BCUT2D eigenvalue weighted by molar-refractivity contribution is 5.84. The first-order chi connectivity index (χ1) is 11.2. The minimum Gasteiger partial charge on any atom is -0.493 e. The van der Waals surface area contributed by atoms with Crippen LogP contribution < -0.4 is 9.47 Å². The molecule has 0 N–H and O–H groups in total. The molecule has 0 bridgehead atoms. The van der Waals surface area contributed by atoms with E-state index in [2.05, 4.69) is 5.16 Å². The highest BCUT2D eigenvalue weighted by Crippen LogP contribution is 2.29. The van der Waals surface area contributed by atoms with Gasteiger partial charge in [0.2, 0.25) is 0 Å². The Morgan fingerprint density at radius 1 is 1.17 bits per heavy atom. The molecule has 0 amide bonds. The lowest BCUT2D eigenvalue weighted by atomic mass is 10.2. The fraction of sp³-hybridized carbons (Fsp3) is 0.188. The molecule has 0 atom stereocenters. The van der Waals surface area contributed by atoms with Crippen LogP contribution in [0.1, 0.15) is 11.1 Å². The molecule has 7 nitrogen and oxygen atoms in total. The number of benzene rings is 2. The molecule has 0 aliphatic rings. The first kappa shape index (κ1) is 16.3. The maximum absolute atomic E-state index is 10.7. The molecule has 0 aliphatic carbocycles. The van der Waals surface area contributed by atoms with Gasteiger partial charge in [0.05, 0.1) is 25.4 Å². The molecule has 0 heterocycles. The molecule has 0 aliphatic heterocycles. The minimum absolute atomic E-state index is 0.0181. The number of hydrogen-bond donors (Lipinski definition) is 0. The molecular formula is C16H16N2O5. The van der Waals surface area contributed by atoms with Gasteiger partial charge in [0.1, 0.15) is 6.61 Å². The molecule has 0 saturated carbocycles. The van der Waals surface area contributed by atoms with Crippen LogP contribution in [0.2, 0.25) is 0 Å². The largest absolute Gasteiger partial charge is 0.493 e. The Balaban J connectivity index is 2.03. The number of oxime groups is 1. The summed E-state index contributed by atoms with van der Waals surface area (Å²) in [6, 6.07) is 11.6. The fourth-order valence-electron chi connectivity index (χ4n) is 1.98. The van der Waals surface area contributed by atoms with Gasteiger partial charge in [-0.25, -0.2) is 0 Å². The molecule has 7 heteroatoms. The maximum atomic E-state index is 10.7. The summed E-state index contributed by atoms with van der Waals surface area (Å²) in [6.45, 7) is 0.129. The predicted octanol–water partition coefficient (Wildman–Crippen LogP) is 3.16. The van der Waals surface area contributed by atoms with E-state index in [1.54, 1.807) is 32.4 Å². The second kappa shape index (κ2) is 7.79. The number of non-ortho nitro benzene ring substituents is 1. The van der Waals surface area contributed by atoms with Gasteiger partial charge >= 0.3 is 0 Å². The molecule has 23 heavy (non-hydrogen) atoms. The minimum atomic E-state index is -0.451. The number of methoxy groups -OCH3 is 2. The summed E-state index contributed by atoms with van der Waals surface area (Å²) in [7, 11) is 3.09. The van der Waals surface area contributed by atoms with Gasteiger partial charge in [-0.05, 0) is 17.7 Å². The molecular weight excluding hydrogens is 300 g/mol. The summed E-state index contributed by atoms with van der Waals surface area (Å²) in [5.74, 6) is 1.15. The van der Waals surface area contributed by atoms with Crippen LogP contribution in [0.3, 0.4) is 0 Å². The number of hydrogen-bond acceptors (Lipinski definition) is 6. The van der Waals surface area contributed by atoms with Crippen LogP contribution in [0, 0.1) is 10.1 Å². The number of ether oxygens (including phenoxy) is 2. The number of nitro groups is 1. The summed E-state index contributed by atoms with van der Waals surface area (Å²) < 4.78 is 10.5. The van der Waals surface area contributed by atoms with Crippen molar-refractivity contribution in [1.82, 2.24) is 0 Å². The van der Waals surface area contributed by atoms with E-state index in [4.69, 9.17) is 14.3 Å². The molecule has 2 rings (SSSR count). The normalized spacial score (nSPS) is 10.5. The Morgan fingerprint density at radius 2 is 1.96 bits per heavy atom. The second-order valence-corrected chi connectivity index (χ2v) is 4.52. The van der Waals surface area contributed by atoms with Crippen molar-refractivity contribution < 1.29 is 19.2 Å². The van der Waals surface area contributed by atoms with Gasteiger partial charge in [0.15, 0.2) is 11.5 Å². The van der Waals surface area contributed by atoms with E-state index >= 15 is 0 Å². The average Bonchev–Trinajstić information content (AvgIpc) is 2.58. The highest BCUT2D eigenvalue weighted by atomic mass is 16.6. The summed E-state index contributed by atoms with van der Waals surface area (Å²) >= 11 is 0. The quantitative estimate of drug-likeness (QED) is 0.445. The average molecular weight is 316 g/mol. The molecule has 0 spiro atoms. The van der Waals surface area contributed by atoms with Crippen molar-refractivity contribution in [3.05, 3.63) is 63.7 Å². The van der Waals surface area contributed by atoms with Crippen LogP contribution in [0.5, 0.6) is 11.5 Å². The van der Waals surface area contributed by atoms with Crippen LogP contribution in [0.4, 0.5) is 5.69 Å². The van der Waals surface area contributed by atoms with E-state index in [-0.39, 0.29) is 12.3 Å². The van der Waals surface area contributed by atoms with E-state index < -0.39 is 4.92 Å². The van der Waals surface area contributed by atoms with E-state index in [0.717, 1.165) is 0 Å². The van der Waals surface area contributed by atoms with Crippen LogP contribution in [-0.4, -0.2) is 25.4 Å². The molecule has 0 aromatic heterocycles. The first-order valence-electron chi connectivity index (χ1n) is 6.75. The molecule has 0 unspecified atom stereocenters. The van der Waals surface area contributed by atoms with Crippen LogP contribution in [-0.2, 0) is 11.4 Å². The monoisotopic (exact) mass is 316 g/mol. The van der Waals surface area contributed by atoms with Gasteiger partial charge in [-0.2, -0.15) is 0 Å². The van der Waals surface area contributed by atoms with Crippen LogP contribution in [0.25, 0.3) is 0 Å². The number of rotatable bonds is 7. The third-order valence-corrected chi connectivity index (χ3v) is 3.05. The molecule has 0 radical (unpaired) electrons. The first-order valence-corrected chi connectivity index (χ1v) is 6.75. The summed E-state index contributed by atoms with van der Waals surface area (Å²) in [5, 5.41) is 14.6. The lowest BCUT2D eigenvalue weighted by molar-refractivity contribution is -0.384. The van der Waals surface area contributed by atoms with Crippen LogP contribution in [0.15, 0.2) is 47.6 Å². The lowest BCUT2D eigenvalue weighted by Gasteiger charge is -2.09. The number of nitro benzene ring substituents is 1. The van der Waals surface area contributed by atoms with Gasteiger partial charge in [-0.1, -0.05) is 23.4 Å². The Bertz CT molecular complexity index is 715. The van der Waals surface area contributed by atoms with Gasteiger partial charge in [-0.3, -0.25) is 10.1 Å². The Hall–Kier alpha value is -3.09. The van der Waals surface area contributed by atoms with Crippen LogP contribution >= 0.6 is 0 Å². The maximum Gasteiger partial charge on any atom is 0.269 e. The highest BCUT2D eigenvalue weighted by Gasteiger charge is 2.08. The summed E-state index contributed by atoms with van der Waals surface area (Å²) in [5.41, 5.74) is 1.38. The SMILES string of the molecule is COc1cccc(/C=N\OCc2cccc([N+](=O)[O-])c2)c1OC. The van der Waals surface area contributed by atoms with E-state index in [0.29, 0.717) is 22.6 Å². The fourth-order valence-corrected chi connectivity index (χ4v) is 1.98. The van der Waals surface area contributed by atoms with Crippen molar-refractivity contribution in [2.45, 2.75) is 6.61 Å². The van der Waals surface area contributed by atoms with Crippen molar-refractivity contribution >= 4 is 11.9 Å². The zero-order valence-electron chi connectivity index (χ0n) is 12.8. The van der Waals surface area contributed by atoms with Gasteiger partial charge in [0.25, 0.3) is 5.69 Å². The molecule has 120 valence electrons. The van der Waals surface area contributed by atoms with E-state index in [9.17, 15) is 10.1 Å². The number of para-hydroxylation sites is 1. The van der Waals surface area contributed by atoms with Crippen molar-refractivity contribution in [2.75, 3.05) is 14.2 Å². The topological polar surface area (TPSA) is 83.2 Å². The van der Waals surface area contributed by atoms with Gasteiger partial charge < -0.3 is 14.3 Å². The third kappa shape index (κ3) is 4.19. The van der Waals surface area contributed by atoms with Crippen molar-refractivity contribution in [1.29, 1.82) is 0 Å². The molecule has 2 aromatic carbocycles. The van der Waals surface area contributed by atoms with Gasteiger partial charge in [-0.15, -0.1) is 0 Å². The van der Waals surface area contributed by atoms with E-state index in [1.165, 1.54) is 18.3 Å². The molecule has 0 fully saturated rings. The third-order valence-electron chi connectivity index (χ3n) is 3.05. The van der Waals surface area contributed by atoms with Gasteiger partial charge in [0, 0.05) is 17.7 Å². The smallest absolute Gasteiger partial charge is 0.269 e. The zero-order valence-corrected chi connectivity index (χ0v) is 12.8. The summed E-state index contributed by atoms with van der Waals surface area (Å²) in [4.78, 5) is 15.4. The van der Waals surface area contributed by atoms with E-state index in [1.807, 2.05) is 12.1 Å². The molecule has 2 aromatic rings. The van der Waals surface area contributed by atoms with Crippen molar-refractivity contribution in [2.24, 2.45) is 5.16 Å². The second-order valence-electron chi connectivity index (χ2n) is 4.52. The molecule has 0 saturated heterocycles. The Kier molecular flexibility index (Phi) is 5.51. The Morgan fingerprint density at radius 3 is 2.65 bits per heavy atom.